The second kappa shape index (κ2) is 10.5. The van der Waals surface area contributed by atoms with E-state index < -0.39 is 5.54 Å². The van der Waals surface area contributed by atoms with Crippen LogP contribution in [0, 0.1) is 0 Å². The number of hydrogen-bond acceptors (Lipinski definition) is 3. The molecule has 1 aromatic carbocycles. The number of para-hydroxylation sites is 1. The Morgan fingerprint density at radius 2 is 1.91 bits per heavy atom. The molecule has 0 saturated carbocycles. The summed E-state index contributed by atoms with van der Waals surface area (Å²) in [4.78, 5) is 14.2. The molecule has 0 aliphatic rings. The van der Waals surface area contributed by atoms with Crippen LogP contribution in [0.25, 0.3) is 0 Å². The van der Waals surface area contributed by atoms with E-state index in [-0.39, 0.29) is 18.3 Å². The van der Waals surface area contributed by atoms with Crippen LogP contribution < -0.4 is 16.0 Å². The number of hydrogen-bond donors (Lipinski definition) is 2. The van der Waals surface area contributed by atoms with Gasteiger partial charge in [0.05, 0.1) is 5.54 Å². The highest BCUT2D eigenvalue weighted by Crippen LogP contribution is 2.11. The molecule has 0 bridgehead atoms. The number of unbranched alkanes of at least 4 members (excludes halogenated alkanes) is 1. The summed E-state index contributed by atoms with van der Waals surface area (Å²) in [6.45, 7) is 5.51. The second-order valence-corrected chi connectivity index (χ2v) is 5.89. The molecule has 1 amide bonds. The number of carbonyl (C=O) groups excluding carboxylic acids is 1. The standard InChI is InChI=1S/C17H29N3O.ClH/c1-4-12-17(2,18)16(21)19-13-8-9-14-20(3)15-10-6-5-7-11-15;/h5-7,10-11H,4,8-9,12-14,18H2,1-3H3,(H,19,21);1H. The molecule has 3 N–H and O–H groups in total. The van der Waals surface area contributed by atoms with Gasteiger partial charge in [0.15, 0.2) is 0 Å². The molecule has 0 aliphatic heterocycles. The Labute approximate surface area is 140 Å². The van der Waals surface area contributed by atoms with Gasteiger partial charge in [-0.2, -0.15) is 0 Å². The smallest absolute Gasteiger partial charge is 0.239 e. The average Bonchev–Trinajstić information content (AvgIpc) is 2.47. The maximum atomic E-state index is 11.9. The van der Waals surface area contributed by atoms with Crippen molar-refractivity contribution in [3.63, 3.8) is 0 Å². The lowest BCUT2D eigenvalue weighted by Crippen LogP contribution is -2.51. The first-order valence-corrected chi connectivity index (χ1v) is 7.80. The Balaban J connectivity index is 0.00000441. The van der Waals surface area contributed by atoms with Crippen LogP contribution in [-0.4, -0.2) is 31.6 Å². The zero-order valence-corrected chi connectivity index (χ0v) is 14.8. The van der Waals surface area contributed by atoms with Crippen molar-refractivity contribution in [1.29, 1.82) is 0 Å². The highest BCUT2D eigenvalue weighted by atomic mass is 35.5. The third kappa shape index (κ3) is 7.14. The number of halogens is 1. The van der Waals surface area contributed by atoms with Crippen molar-refractivity contribution in [2.75, 3.05) is 25.0 Å². The van der Waals surface area contributed by atoms with Crippen molar-refractivity contribution in [2.24, 2.45) is 5.73 Å². The predicted molar refractivity (Wildman–Crippen MR) is 96.7 cm³/mol. The van der Waals surface area contributed by atoms with E-state index in [0.29, 0.717) is 6.54 Å². The van der Waals surface area contributed by atoms with Crippen LogP contribution >= 0.6 is 12.4 Å². The molecule has 0 aromatic heterocycles. The normalized spacial score (nSPS) is 12.9. The maximum absolute atomic E-state index is 11.9. The van der Waals surface area contributed by atoms with E-state index in [0.717, 1.165) is 32.2 Å². The molecule has 0 spiro atoms. The summed E-state index contributed by atoms with van der Waals surface area (Å²) >= 11 is 0. The number of nitrogens with two attached hydrogens (primary N) is 1. The van der Waals surface area contributed by atoms with Crippen LogP contribution in [0.4, 0.5) is 5.69 Å². The molecule has 0 heterocycles. The lowest BCUT2D eigenvalue weighted by atomic mass is 9.96. The zero-order valence-electron chi connectivity index (χ0n) is 14.0. The Bertz CT molecular complexity index is 423. The monoisotopic (exact) mass is 327 g/mol. The zero-order chi connectivity index (χ0) is 15.7. The van der Waals surface area contributed by atoms with Gasteiger partial charge in [0, 0.05) is 25.8 Å². The van der Waals surface area contributed by atoms with Gasteiger partial charge in [-0.15, -0.1) is 12.4 Å². The van der Waals surface area contributed by atoms with Gasteiger partial charge >= 0.3 is 0 Å². The van der Waals surface area contributed by atoms with Gasteiger partial charge in [0.25, 0.3) is 0 Å². The van der Waals surface area contributed by atoms with Gasteiger partial charge in [0.2, 0.25) is 5.91 Å². The number of benzene rings is 1. The fraction of sp³-hybridized carbons (Fsp3) is 0.588. The van der Waals surface area contributed by atoms with E-state index in [1.807, 2.05) is 25.1 Å². The summed E-state index contributed by atoms with van der Waals surface area (Å²) in [5, 5.41) is 2.94. The molecule has 126 valence electrons. The molecule has 0 saturated heterocycles. The summed E-state index contributed by atoms with van der Waals surface area (Å²) in [5.74, 6) is -0.0410. The highest BCUT2D eigenvalue weighted by Gasteiger charge is 2.26. The van der Waals surface area contributed by atoms with Gasteiger partial charge in [-0.1, -0.05) is 31.5 Å². The Morgan fingerprint density at radius 3 is 2.50 bits per heavy atom. The Morgan fingerprint density at radius 1 is 1.27 bits per heavy atom. The summed E-state index contributed by atoms with van der Waals surface area (Å²) in [6.07, 6.45) is 3.64. The summed E-state index contributed by atoms with van der Waals surface area (Å²) in [5.41, 5.74) is 6.47. The quantitative estimate of drug-likeness (QED) is 0.686. The topological polar surface area (TPSA) is 58.4 Å². The minimum atomic E-state index is -0.740. The van der Waals surface area contributed by atoms with Crippen molar-refractivity contribution in [3.8, 4) is 0 Å². The first-order valence-electron chi connectivity index (χ1n) is 7.80. The fourth-order valence-electron chi connectivity index (χ4n) is 2.32. The predicted octanol–water partition coefficient (Wildman–Crippen LogP) is 2.96. The largest absolute Gasteiger partial charge is 0.375 e. The molecule has 0 aliphatic carbocycles. The molecule has 0 radical (unpaired) electrons. The van der Waals surface area contributed by atoms with Crippen molar-refractivity contribution in [3.05, 3.63) is 30.3 Å². The number of carbonyl (C=O) groups is 1. The van der Waals surface area contributed by atoms with Gasteiger partial charge in [0.1, 0.15) is 0 Å². The van der Waals surface area contributed by atoms with Crippen LogP contribution in [-0.2, 0) is 4.79 Å². The number of anilines is 1. The van der Waals surface area contributed by atoms with Crippen LogP contribution in [0.3, 0.4) is 0 Å². The van der Waals surface area contributed by atoms with Crippen LogP contribution in [0.15, 0.2) is 30.3 Å². The molecule has 1 atom stereocenters. The average molecular weight is 328 g/mol. The first-order chi connectivity index (χ1) is 9.97. The number of amides is 1. The number of nitrogens with zero attached hydrogens (tertiary/aromatic N) is 1. The molecule has 1 aromatic rings. The fourth-order valence-corrected chi connectivity index (χ4v) is 2.32. The molecule has 22 heavy (non-hydrogen) atoms. The van der Waals surface area contributed by atoms with Crippen LogP contribution in [0.2, 0.25) is 0 Å². The Kier molecular flexibility index (Phi) is 9.86. The minimum Gasteiger partial charge on any atom is -0.375 e. The van der Waals surface area contributed by atoms with E-state index in [4.69, 9.17) is 5.73 Å². The number of nitrogens with one attached hydrogen (secondary N) is 1. The summed E-state index contributed by atoms with van der Waals surface area (Å²) < 4.78 is 0. The van der Waals surface area contributed by atoms with Crippen molar-refractivity contribution in [1.82, 2.24) is 5.32 Å². The van der Waals surface area contributed by atoms with Crippen molar-refractivity contribution in [2.45, 2.75) is 45.1 Å². The molecule has 5 heteroatoms. The second-order valence-electron chi connectivity index (χ2n) is 5.89. The third-order valence-corrected chi connectivity index (χ3v) is 3.69. The lowest BCUT2D eigenvalue weighted by molar-refractivity contribution is -0.126. The maximum Gasteiger partial charge on any atom is 0.239 e. The molecule has 4 nitrogen and oxygen atoms in total. The third-order valence-electron chi connectivity index (χ3n) is 3.69. The van der Waals surface area contributed by atoms with Crippen LogP contribution in [0.1, 0.15) is 39.5 Å². The molecular weight excluding hydrogens is 298 g/mol. The molecule has 1 unspecified atom stereocenters. The van der Waals surface area contributed by atoms with Gasteiger partial charge in [-0.3, -0.25) is 4.79 Å². The minimum absolute atomic E-state index is 0. The van der Waals surface area contributed by atoms with E-state index in [1.54, 1.807) is 6.92 Å². The summed E-state index contributed by atoms with van der Waals surface area (Å²) in [6, 6.07) is 10.3. The molecular formula is C17H30ClN3O. The van der Waals surface area contributed by atoms with Crippen molar-refractivity contribution >= 4 is 24.0 Å². The van der Waals surface area contributed by atoms with E-state index in [1.165, 1.54) is 5.69 Å². The lowest BCUT2D eigenvalue weighted by Gasteiger charge is -2.23. The van der Waals surface area contributed by atoms with Gasteiger partial charge in [-0.05, 0) is 38.3 Å². The highest BCUT2D eigenvalue weighted by molar-refractivity contribution is 5.85. The van der Waals surface area contributed by atoms with Gasteiger partial charge < -0.3 is 16.0 Å². The first kappa shape index (κ1) is 20.7. The van der Waals surface area contributed by atoms with E-state index in [2.05, 4.69) is 29.4 Å². The van der Waals surface area contributed by atoms with Crippen molar-refractivity contribution < 1.29 is 4.79 Å². The van der Waals surface area contributed by atoms with E-state index in [9.17, 15) is 4.79 Å². The van der Waals surface area contributed by atoms with Gasteiger partial charge in [-0.25, -0.2) is 0 Å². The van der Waals surface area contributed by atoms with Crippen LogP contribution in [0.5, 0.6) is 0 Å². The number of rotatable bonds is 9. The van der Waals surface area contributed by atoms with E-state index >= 15 is 0 Å². The Hall–Kier alpha value is -1.26. The molecule has 0 fully saturated rings. The molecule has 1 rings (SSSR count). The summed E-state index contributed by atoms with van der Waals surface area (Å²) in [7, 11) is 2.09. The SMILES string of the molecule is CCCC(C)(N)C(=O)NCCCCN(C)c1ccccc1.Cl.